The predicted octanol–water partition coefficient (Wildman–Crippen LogP) is 3.92. The summed E-state index contributed by atoms with van der Waals surface area (Å²) in [6.07, 6.45) is 1.69. The number of hydrogen-bond donors (Lipinski definition) is 1. The van der Waals surface area contributed by atoms with E-state index < -0.39 is 10.0 Å². The van der Waals surface area contributed by atoms with Crippen molar-refractivity contribution in [2.75, 3.05) is 0 Å². The maximum Gasteiger partial charge on any atom is 0.240 e. The number of hydrogen-bond acceptors (Lipinski definition) is 4. The van der Waals surface area contributed by atoms with Crippen molar-refractivity contribution in [1.29, 1.82) is 0 Å². The minimum atomic E-state index is -3.66. The highest BCUT2D eigenvalue weighted by atomic mass is 35.5. The van der Waals surface area contributed by atoms with Gasteiger partial charge in [0.05, 0.1) is 18.0 Å². The largest absolute Gasteiger partial charge is 0.307 e. The van der Waals surface area contributed by atoms with Crippen LogP contribution in [-0.2, 0) is 23.1 Å². The third-order valence-corrected chi connectivity index (χ3v) is 6.41. The van der Waals surface area contributed by atoms with Gasteiger partial charge in [0.1, 0.15) is 11.3 Å². The molecule has 0 amide bonds. The second kappa shape index (κ2) is 7.94. The minimum absolute atomic E-state index is 0.0387. The van der Waals surface area contributed by atoms with Gasteiger partial charge in [0.25, 0.3) is 0 Å². The molecule has 148 valence electrons. The Kier molecular flexibility index (Phi) is 5.36. The van der Waals surface area contributed by atoms with Crippen LogP contribution in [0.15, 0.2) is 71.8 Å². The molecule has 0 fully saturated rings. The molecule has 8 heteroatoms. The first-order valence-corrected chi connectivity index (χ1v) is 10.9. The summed E-state index contributed by atoms with van der Waals surface area (Å²) in [6, 6.07) is 17.9. The van der Waals surface area contributed by atoms with Crippen LogP contribution >= 0.6 is 11.6 Å². The molecule has 1 N–H and O–H groups in total. The lowest BCUT2D eigenvalue weighted by Crippen LogP contribution is -2.25. The van der Waals surface area contributed by atoms with E-state index in [2.05, 4.69) is 14.7 Å². The number of nitrogens with zero attached hydrogens (tertiary/aromatic N) is 3. The fraction of sp³-hybridized carbons (Fsp3) is 0.143. The summed E-state index contributed by atoms with van der Waals surface area (Å²) in [5.41, 5.74) is 3.28. The molecule has 0 aliphatic carbocycles. The lowest BCUT2D eigenvalue weighted by atomic mass is 10.2. The number of imidazole rings is 1. The van der Waals surface area contributed by atoms with Gasteiger partial charge in [0, 0.05) is 11.2 Å². The van der Waals surface area contributed by atoms with Crippen molar-refractivity contribution in [2.24, 2.45) is 0 Å². The maximum absolute atomic E-state index is 12.7. The van der Waals surface area contributed by atoms with Crippen molar-refractivity contribution in [1.82, 2.24) is 19.3 Å². The molecule has 0 spiro atoms. The first-order chi connectivity index (χ1) is 13.9. The van der Waals surface area contributed by atoms with E-state index in [0.29, 0.717) is 28.6 Å². The Bertz CT molecular complexity index is 1270. The van der Waals surface area contributed by atoms with Gasteiger partial charge in [0.15, 0.2) is 5.65 Å². The Labute approximate surface area is 174 Å². The van der Waals surface area contributed by atoms with Crippen LogP contribution in [0.5, 0.6) is 0 Å². The molecular weight excluding hydrogens is 408 g/mol. The van der Waals surface area contributed by atoms with Crippen LogP contribution in [0.3, 0.4) is 0 Å². The topological polar surface area (TPSA) is 76.9 Å². The van der Waals surface area contributed by atoms with Gasteiger partial charge < -0.3 is 4.57 Å². The molecule has 4 rings (SSSR count). The zero-order chi connectivity index (χ0) is 20.4. The average molecular weight is 427 g/mol. The first kappa shape index (κ1) is 19.6. The standard InChI is InChI=1S/C21H19ClN4O2S/c1-15-8-10-17(11-9-15)29(27,28)24-13-20-25-19-7-4-12-23-21(19)26(20)14-16-5-2-3-6-18(16)22/h2-12,24H,13-14H2,1H3. The summed E-state index contributed by atoms with van der Waals surface area (Å²) >= 11 is 6.32. The zero-order valence-corrected chi connectivity index (χ0v) is 17.3. The van der Waals surface area contributed by atoms with Gasteiger partial charge in [0.2, 0.25) is 10.0 Å². The predicted molar refractivity (Wildman–Crippen MR) is 113 cm³/mol. The number of fused-ring (bicyclic) bond motifs is 1. The summed E-state index contributed by atoms with van der Waals surface area (Å²) in [5, 5.41) is 0.636. The molecule has 4 aromatic rings. The molecule has 2 aromatic heterocycles. The molecule has 0 aliphatic rings. The zero-order valence-electron chi connectivity index (χ0n) is 15.7. The summed E-state index contributed by atoms with van der Waals surface area (Å²) in [7, 11) is -3.66. The first-order valence-electron chi connectivity index (χ1n) is 9.04. The minimum Gasteiger partial charge on any atom is -0.307 e. The number of aryl methyl sites for hydroxylation is 1. The quantitative estimate of drug-likeness (QED) is 0.507. The molecule has 0 saturated heterocycles. The number of rotatable bonds is 6. The lowest BCUT2D eigenvalue weighted by Gasteiger charge is -2.11. The Hall–Kier alpha value is -2.74. The fourth-order valence-corrected chi connectivity index (χ4v) is 4.24. The van der Waals surface area contributed by atoms with Crippen LogP contribution in [0.2, 0.25) is 5.02 Å². The van der Waals surface area contributed by atoms with Crippen LogP contribution in [0, 0.1) is 6.92 Å². The Morgan fingerprint density at radius 1 is 1.03 bits per heavy atom. The summed E-state index contributed by atoms with van der Waals surface area (Å²) in [5.74, 6) is 0.564. The fourth-order valence-electron chi connectivity index (χ4n) is 3.06. The molecule has 0 aliphatic heterocycles. The van der Waals surface area contributed by atoms with Gasteiger partial charge >= 0.3 is 0 Å². The van der Waals surface area contributed by atoms with Crippen molar-refractivity contribution in [3.05, 3.63) is 88.8 Å². The van der Waals surface area contributed by atoms with Crippen LogP contribution < -0.4 is 4.72 Å². The van der Waals surface area contributed by atoms with Crippen molar-refractivity contribution in [3.8, 4) is 0 Å². The molecule has 2 heterocycles. The van der Waals surface area contributed by atoms with Crippen LogP contribution in [0.4, 0.5) is 0 Å². The van der Waals surface area contributed by atoms with E-state index in [0.717, 1.165) is 11.1 Å². The number of pyridine rings is 1. The van der Waals surface area contributed by atoms with Gasteiger partial charge in [-0.1, -0.05) is 47.5 Å². The van der Waals surface area contributed by atoms with Crippen molar-refractivity contribution < 1.29 is 8.42 Å². The molecule has 2 aromatic carbocycles. The second-order valence-electron chi connectivity index (χ2n) is 6.69. The van der Waals surface area contributed by atoms with E-state index >= 15 is 0 Å². The smallest absolute Gasteiger partial charge is 0.240 e. The van der Waals surface area contributed by atoms with Crippen LogP contribution in [0.25, 0.3) is 11.2 Å². The lowest BCUT2D eigenvalue weighted by molar-refractivity contribution is 0.576. The van der Waals surface area contributed by atoms with Gasteiger partial charge in [-0.05, 0) is 42.8 Å². The van der Waals surface area contributed by atoms with E-state index in [1.165, 1.54) is 0 Å². The van der Waals surface area contributed by atoms with Gasteiger partial charge in [-0.25, -0.2) is 23.1 Å². The summed E-state index contributed by atoms with van der Waals surface area (Å²) in [6.45, 7) is 2.39. The number of benzene rings is 2. The third-order valence-electron chi connectivity index (χ3n) is 4.62. The molecular formula is C21H19ClN4O2S. The number of nitrogens with one attached hydrogen (secondary N) is 1. The molecule has 6 nitrogen and oxygen atoms in total. The monoisotopic (exact) mass is 426 g/mol. The van der Waals surface area contributed by atoms with Crippen molar-refractivity contribution >= 4 is 32.8 Å². The molecule has 0 saturated carbocycles. The van der Waals surface area contributed by atoms with Gasteiger partial charge in [-0.3, -0.25) is 0 Å². The Balaban J connectivity index is 1.67. The van der Waals surface area contributed by atoms with E-state index in [4.69, 9.17) is 11.6 Å². The summed E-state index contributed by atoms with van der Waals surface area (Å²) in [4.78, 5) is 9.22. The van der Waals surface area contributed by atoms with E-state index in [-0.39, 0.29) is 11.4 Å². The average Bonchev–Trinajstić information content (AvgIpc) is 3.06. The molecule has 0 atom stereocenters. The van der Waals surface area contributed by atoms with Crippen LogP contribution in [-0.4, -0.2) is 23.0 Å². The second-order valence-corrected chi connectivity index (χ2v) is 8.86. The van der Waals surface area contributed by atoms with Crippen LogP contribution in [0.1, 0.15) is 17.0 Å². The highest BCUT2D eigenvalue weighted by Crippen LogP contribution is 2.21. The van der Waals surface area contributed by atoms with E-state index in [1.807, 2.05) is 41.8 Å². The number of sulfonamides is 1. The van der Waals surface area contributed by atoms with Crippen molar-refractivity contribution in [3.63, 3.8) is 0 Å². The highest BCUT2D eigenvalue weighted by Gasteiger charge is 2.18. The number of aromatic nitrogens is 3. The molecule has 0 unspecified atom stereocenters. The molecule has 29 heavy (non-hydrogen) atoms. The third kappa shape index (κ3) is 4.17. The van der Waals surface area contributed by atoms with Gasteiger partial charge in [-0.15, -0.1) is 0 Å². The normalized spacial score (nSPS) is 11.8. The highest BCUT2D eigenvalue weighted by molar-refractivity contribution is 7.89. The van der Waals surface area contributed by atoms with E-state index in [1.54, 1.807) is 36.5 Å². The Morgan fingerprint density at radius 3 is 2.55 bits per heavy atom. The summed E-state index contributed by atoms with van der Waals surface area (Å²) < 4.78 is 29.9. The SMILES string of the molecule is Cc1ccc(S(=O)(=O)NCc2nc3cccnc3n2Cc2ccccc2Cl)cc1. The van der Waals surface area contributed by atoms with E-state index in [9.17, 15) is 8.42 Å². The number of halogens is 1. The molecule has 0 radical (unpaired) electrons. The van der Waals surface area contributed by atoms with Gasteiger partial charge in [-0.2, -0.15) is 0 Å². The maximum atomic E-state index is 12.7. The molecule has 0 bridgehead atoms. The Morgan fingerprint density at radius 2 is 1.79 bits per heavy atom. The van der Waals surface area contributed by atoms with Crippen molar-refractivity contribution in [2.45, 2.75) is 24.9 Å².